The van der Waals surface area contributed by atoms with Crippen molar-refractivity contribution < 1.29 is 4.42 Å². The highest BCUT2D eigenvalue weighted by molar-refractivity contribution is 5.01. The molecule has 0 saturated carbocycles. The maximum atomic E-state index is 5.28. The second kappa shape index (κ2) is 4.26. The van der Waals surface area contributed by atoms with E-state index in [1.54, 1.807) is 6.26 Å². The molecule has 12 heavy (non-hydrogen) atoms. The van der Waals surface area contributed by atoms with Gasteiger partial charge in [0.25, 0.3) is 0 Å². The van der Waals surface area contributed by atoms with Crippen LogP contribution in [0, 0.1) is 0 Å². The highest BCUT2D eigenvalue weighted by Gasteiger charge is 2.05. The molecule has 1 N–H and O–H groups in total. The lowest BCUT2D eigenvalue weighted by molar-refractivity contribution is 0.489. The van der Waals surface area contributed by atoms with E-state index in [4.69, 9.17) is 4.42 Å². The van der Waals surface area contributed by atoms with Crippen molar-refractivity contribution in [1.82, 2.24) is 10.3 Å². The molecule has 0 atom stereocenters. The maximum absolute atomic E-state index is 5.28. The fraction of sp³-hybridized carbons (Fsp3) is 0.667. The van der Waals surface area contributed by atoms with Crippen LogP contribution in [0.4, 0.5) is 0 Å². The Balaban J connectivity index is 2.52. The Morgan fingerprint density at radius 1 is 1.58 bits per heavy atom. The summed E-state index contributed by atoms with van der Waals surface area (Å²) in [5.41, 5.74) is 1.04. The van der Waals surface area contributed by atoms with Gasteiger partial charge in [-0.2, -0.15) is 0 Å². The van der Waals surface area contributed by atoms with Crippen LogP contribution in [0.25, 0.3) is 0 Å². The highest BCUT2D eigenvalue weighted by atomic mass is 16.3. The molecule has 1 aromatic heterocycles. The quantitative estimate of drug-likeness (QED) is 0.741. The molecule has 1 rings (SSSR count). The average molecular weight is 168 g/mol. The summed E-state index contributed by atoms with van der Waals surface area (Å²) in [6.07, 6.45) is 2.61. The minimum atomic E-state index is 0.456. The molecule has 1 aromatic rings. The van der Waals surface area contributed by atoms with Crippen molar-refractivity contribution in [1.29, 1.82) is 0 Å². The van der Waals surface area contributed by atoms with Crippen LogP contribution in [0.2, 0.25) is 0 Å². The first kappa shape index (κ1) is 9.26. The van der Waals surface area contributed by atoms with Gasteiger partial charge in [0.15, 0.2) is 5.89 Å². The van der Waals surface area contributed by atoms with E-state index in [1.807, 2.05) is 7.05 Å². The Hall–Kier alpha value is -0.830. The first-order valence-corrected chi connectivity index (χ1v) is 4.33. The smallest absolute Gasteiger partial charge is 0.195 e. The zero-order valence-corrected chi connectivity index (χ0v) is 7.92. The number of rotatable bonds is 4. The van der Waals surface area contributed by atoms with Crippen LogP contribution in [0.5, 0.6) is 0 Å². The van der Waals surface area contributed by atoms with E-state index in [1.165, 1.54) is 0 Å². The molecule has 3 heteroatoms. The molecule has 0 bridgehead atoms. The van der Waals surface area contributed by atoms with E-state index in [0.717, 1.165) is 24.6 Å². The number of likely N-dealkylation sites (N-methyl/N-ethyl adjacent to an activating group) is 1. The van der Waals surface area contributed by atoms with Crippen molar-refractivity contribution in [2.45, 2.75) is 26.2 Å². The molecule has 3 nitrogen and oxygen atoms in total. The number of oxazole rings is 1. The Labute approximate surface area is 73.2 Å². The third-order valence-electron chi connectivity index (χ3n) is 1.75. The van der Waals surface area contributed by atoms with Gasteiger partial charge >= 0.3 is 0 Å². The zero-order chi connectivity index (χ0) is 8.97. The third-order valence-corrected chi connectivity index (χ3v) is 1.75. The predicted molar refractivity (Wildman–Crippen MR) is 48.2 cm³/mol. The largest absolute Gasteiger partial charge is 0.449 e. The van der Waals surface area contributed by atoms with Crippen LogP contribution in [0.15, 0.2) is 10.7 Å². The van der Waals surface area contributed by atoms with E-state index in [2.05, 4.69) is 24.1 Å². The number of hydrogen-bond acceptors (Lipinski definition) is 3. The lowest BCUT2D eigenvalue weighted by atomic mass is 10.2. The molecule has 0 amide bonds. The zero-order valence-electron chi connectivity index (χ0n) is 7.92. The molecule has 0 unspecified atom stereocenters. The van der Waals surface area contributed by atoms with E-state index in [-0.39, 0.29) is 0 Å². The van der Waals surface area contributed by atoms with Gasteiger partial charge in [-0.3, -0.25) is 0 Å². The molecule has 0 aromatic carbocycles. The van der Waals surface area contributed by atoms with Crippen molar-refractivity contribution >= 4 is 0 Å². The van der Waals surface area contributed by atoms with Gasteiger partial charge in [0.1, 0.15) is 6.26 Å². The molecule has 0 saturated heterocycles. The van der Waals surface area contributed by atoms with Gasteiger partial charge in [-0.15, -0.1) is 0 Å². The average Bonchev–Trinajstić information content (AvgIpc) is 2.48. The van der Waals surface area contributed by atoms with E-state index < -0.39 is 0 Å². The van der Waals surface area contributed by atoms with E-state index in [0.29, 0.717) is 5.92 Å². The fourth-order valence-electron chi connectivity index (χ4n) is 0.937. The minimum Gasteiger partial charge on any atom is -0.449 e. The first-order chi connectivity index (χ1) is 5.74. The number of nitrogens with one attached hydrogen (secondary N) is 1. The monoisotopic (exact) mass is 168 g/mol. The lowest BCUT2D eigenvalue weighted by Crippen LogP contribution is -2.10. The summed E-state index contributed by atoms with van der Waals surface area (Å²) in [4.78, 5) is 4.34. The Bertz CT molecular complexity index is 230. The van der Waals surface area contributed by atoms with Gasteiger partial charge in [-0.25, -0.2) is 4.98 Å². The van der Waals surface area contributed by atoms with Crippen molar-refractivity contribution in [2.24, 2.45) is 0 Å². The highest BCUT2D eigenvalue weighted by Crippen LogP contribution is 2.12. The summed E-state index contributed by atoms with van der Waals surface area (Å²) in [7, 11) is 1.92. The van der Waals surface area contributed by atoms with Crippen LogP contribution in [0.3, 0.4) is 0 Å². The molecule has 1 heterocycles. The van der Waals surface area contributed by atoms with Gasteiger partial charge in [0, 0.05) is 13.0 Å². The first-order valence-electron chi connectivity index (χ1n) is 4.33. The van der Waals surface area contributed by atoms with E-state index >= 15 is 0 Å². The topological polar surface area (TPSA) is 38.1 Å². The van der Waals surface area contributed by atoms with Gasteiger partial charge in [-0.05, 0) is 13.0 Å². The van der Waals surface area contributed by atoms with Crippen molar-refractivity contribution in [2.75, 3.05) is 13.6 Å². The lowest BCUT2D eigenvalue weighted by Gasteiger charge is -1.95. The second-order valence-corrected chi connectivity index (χ2v) is 3.17. The van der Waals surface area contributed by atoms with Crippen molar-refractivity contribution in [3.05, 3.63) is 17.8 Å². The molecule has 68 valence electrons. The van der Waals surface area contributed by atoms with Crippen LogP contribution >= 0.6 is 0 Å². The van der Waals surface area contributed by atoms with E-state index in [9.17, 15) is 0 Å². The molecule has 0 spiro atoms. The summed E-state index contributed by atoms with van der Waals surface area (Å²) in [5.74, 6) is 1.28. The summed E-state index contributed by atoms with van der Waals surface area (Å²) >= 11 is 0. The van der Waals surface area contributed by atoms with Crippen LogP contribution in [0.1, 0.15) is 31.4 Å². The molecule has 0 aliphatic heterocycles. The molecule has 0 fully saturated rings. The van der Waals surface area contributed by atoms with Crippen LogP contribution in [-0.4, -0.2) is 18.6 Å². The maximum Gasteiger partial charge on any atom is 0.195 e. The molecule has 0 aliphatic rings. The predicted octanol–water partition coefficient (Wildman–Crippen LogP) is 1.56. The number of hydrogen-bond donors (Lipinski definition) is 1. The molecule has 0 aliphatic carbocycles. The molecular formula is C9H16N2O. The molecular weight excluding hydrogens is 152 g/mol. The normalized spacial score (nSPS) is 11.0. The van der Waals surface area contributed by atoms with Gasteiger partial charge in [0.2, 0.25) is 0 Å². The fourth-order valence-corrected chi connectivity index (χ4v) is 0.937. The SMILES string of the molecule is CNCCc1nc(C(C)C)co1. The van der Waals surface area contributed by atoms with Crippen LogP contribution in [-0.2, 0) is 6.42 Å². The molecule has 0 radical (unpaired) electrons. The standard InChI is InChI=1S/C9H16N2O/c1-7(2)8-6-12-9(11-8)4-5-10-3/h6-7,10H,4-5H2,1-3H3. The van der Waals surface area contributed by atoms with Crippen LogP contribution < -0.4 is 5.32 Å². The Morgan fingerprint density at radius 2 is 2.33 bits per heavy atom. The number of aromatic nitrogens is 1. The summed E-state index contributed by atoms with van der Waals surface area (Å²) in [5, 5.41) is 3.05. The summed E-state index contributed by atoms with van der Waals surface area (Å²) in [6.45, 7) is 5.14. The Morgan fingerprint density at radius 3 is 2.83 bits per heavy atom. The minimum absolute atomic E-state index is 0.456. The van der Waals surface area contributed by atoms with Gasteiger partial charge < -0.3 is 9.73 Å². The van der Waals surface area contributed by atoms with Gasteiger partial charge in [-0.1, -0.05) is 13.8 Å². The van der Waals surface area contributed by atoms with Gasteiger partial charge in [0.05, 0.1) is 5.69 Å². The van der Waals surface area contributed by atoms with Crippen molar-refractivity contribution in [3.8, 4) is 0 Å². The Kier molecular flexibility index (Phi) is 3.29. The summed E-state index contributed by atoms with van der Waals surface area (Å²) in [6, 6.07) is 0. The third kappa shape index (κ3) is 2.34. The second-order valence-electron chi connectivity index (χ2n) is 3.17. The van der Waals surface area contributed by atoms with Crippen molar-refractivity contribution in [3.63, 3.8) is 0 Å². The number of nitrogens with zero attached hydrogens (tertiary/aromatic N) is 1. The summed E-state index contributed by atoms with van der Waals surface area (Å²) < 4.78 is 5.28.